The van der Waals surface area contributed by atoms with Gasteiger partial charge in [-0.1, -0.05) is 0 Å². The fraction of sp³-hybridized carbons (Fsp3) is 0.400. The minimum absolute atomic E-state index is 0.0254. The maximum Gasteiger partial charge on any atom is 0.574 e. The summed E-state index contributed by atoms with van der Waals surface area (Å²) in [7, 11) is 0. The van der Waals surface area contributed by atoms with Gasteiger partial charge < -0.3 is 9.47 Å². The van der Waals surface area contributed by atoms with Crippen LogP contribution in [0.5, 0.6) is 5.88 Å². The number of ether oxygens (including phenoxy) is 2. The second-order valence-corrected chi connectivity index (χ2v) is 4.61. The van der Waals surface area contributed by atoms with Crippen molar-refractivity contribution in [3.8, 4) is 5.88 Å². The molecule has 0 radical (unpaired) electrons. The molecule has 0 atom stereocenters. The molecule has 1 aromatic rings. The van der Waals surface area contributed by atoms with E-state index in [0.717, 1.165) is 0 Å². The summed E-state index contributed by atoms with van der Waals surface area (Å²) in [4.78, 5) is 15.2. The van der Waals surface area contributed by atoms with Crippen LogP contribution >= 0.6 is 34.2 Å². The number of rotatable bonds is 4. The van der Waals surface area contributed by atoms with Crippen LogP contribution in [0.4, 0.5) is 13.2 Å². The second-order valence-electron chi connectivity index (χ2n) is 3.18. The maximum absolute atomic E-state index is 12.3. The normalized spacial score (nSPS) is 11.3. The van der Waals surface area contributed by atoms with Crippen molar-refractivity contribution in [2.45, 2.75) is 19.2 Å². The molecule has 19 heavy (non-hydrogen) atoms. The third-order valence-electron chi connectivity index (χ3n) is 1.82. The summed E-state index contributed by atoms with van der Waals surface area (Å²) in [5.41, 5.74) is -0.202. The minimum atomic E-state index is -4.96. The van der Waals surface area contributed by atoms with Gasteiger partial charge in [-0.25, -0.2) is 9.78 Å². The Morgan fingerprint density at radius 2 is 2.16 bits per heavy atom. The van der Waals surface area contributed by atoms with Crippen molar-refractivity contribution >= 4 is 40.2 Å². The molecule has 0 unspecified atom stereocenters. The third kappa shape index (κ3) is 4.68. The molecule has 0 saturated heterocycles. The Kier molecular flexibility index (Phi) is 5.65. The van der Waals surface area contributed by atoms with Crippen molar-refractivity contribution in [1.82, 2.24) is 4.98 Å². The van der Waals surface area contributed by atoms with Crippen LogP contribution in [0.2, 0.25) is 0 Å². The van der Waals surface area contributed by atoms with Gasteiger partial charge in [0.15, 0.2) is 0 Å². The van der Waals surface area contributed by atoms with Crippen molar-refractivity contribution in [3.63, 3.8) is 0 Å². The average molecular weight is 410 g/mol. The van der Waals surface area contributed by atoms with Crippen molar-refractivity contribution in [1.29, 1.82) is 0 Å². The van der Waals surface area contributed by atoms with Gasteiger partial charge in [0.05, 0.1) is 18.2 Å². The SMILES string of the molecule is CCOC(=O)c1c(I)cc(CCl)nc1OC(F)(F)F. The molecule has 0 fully saturated rings. The summed E-state index contributed by atoms with van der Waals surface area (Å²) >= 11 is 7.21. The Morgan fingerprint density at radius 3 is 2.63 bits per heavy atom. The molecule has 9 heteroatoms. The van der Waals surface area contributed by atoms with E-state index in [1.165, 1.54) is 13.0 Å². The number of esters is 1. The molecule has 1 heterocycles. The minimum Gasteiger partial charge on any atom is -0.462 e. The van der Waals surface area contributed by atoms with E-state index in [2.05, 4.69) is 14.5 Å². The zero-order valence-corrected chi connectivity index (χ0v) is 12.5. The highest BCUT2D eigenvalue weighted by atomic mass is 127. The van der Waals surface area contributed by atoms with Crippen molar-refractivity contribution in [2.24, 2.45) is 0 Å². The lowest BCUT2D eigenvalue weighted by Gasteiger charge is -2.13. The average Bonchev–Trinajstić information content (AvgIpc) is 2.26. The Bertz CT molecular complexity index is 482. The first-order chi connectivity index (χ1) is 8.78. The number of aromatic nitrogens is 1. The van der Waals surface area contributed by atoms with E-state index in [4.69, 9.17) is 11.6 Å². The van der Waals surface area contributed by atoms with E-state index in [1.807, 2.05) is 0 Å². The lowest BCUT2D eigenvalue weighted by molar-refractivity contribution is -0.276. The highest BCUT2D eigenvalue weighted by molar-refractivity contribution is 14.1. The van der Waals surface area contributed by atoms with E-state index >= 15 is 0 Å². The Balaban J connectivity index is 3.29. The monoisotopic (exact) mass is 409 g/mol. The van der Waals surface area contributed by atoms with Crippen LogP contribution in [0.25, 0.3) is 0 Å². The fourth-order valence-electron chi connectivity index (χ4n) is 1.18. The largest absolute Gasteiger partial charge is 0.574 e. The van der Waals surface area contributed by atoms with E-state index < -0.39 is 18.2 Å². The summed E-state index contributed by atoms with van der Waals surface area (Å²) < 4.78 is 45.5. The molecular formula is C10H8ClF3INO3. The fourth-order valence-corrected chi connectivity index (χ4v) is 2.13. The molecule has 106 valence electrons. The van der Waals surface area contributed by atoms with Gasteiger partial charge in [0.2, 0.25) is 5.88 Å². The Hall–Kier alpha value is -0.770. The van der Waals surface area contributed by atoms with Crippen molar-refractivity contribution < 1.29 is 27.4 Å². The smallest absolute Gasteiger partial charge is 0.462 e. The van der Waals surface area contributed by atoms with Gasteiger partial charge in [-0.15, -0.1) is 24.8 Å². The van der Waals surface area contributed by atoms with Gasteiger partial charge in [0, 0.05) is 3.57 Å². The van der Waals surface area contributed by atoms with E-state index in [9.17, 15) is 18.0 Å². The van der Waals surface area contributed by atoms with Crippen LogP contribution in [0, 0.1) is 3.57 Å². The molecular weight excluding hydrogens is 401 g/mol. The highest BCUT2D eigenvalue weighted by Crippen LogP contribution is 2.29. The van der Waals surface area contributed by atoms with Gasteiger partial charge in [-0.3, -0.25) is 0 Å². The topological polar surface area (TPSA) is 48.4 Å². The quantitative estimate of drug-likeness (QED) is 0.434. The molecule has 0 spiro atoms. The summed E-state index contributed by atoms with van der Waals surface area (Å²) in [6.45, 7) is 1.56. The summed E-state index contributed by atoms with van der Waals surface area (Å²) in [6, 6.07) is 1.39. The molecule has 0 N–H and O–H groups in total. The second kappa shape index (κ2) is 6.60. The zero-order valence-electron chi connectivity index (χ0n) is 9.55. The number of carbonyl (C=O) groups excluding carboxylic acids is 1. The summed E-state index contributed by atoms with van der Waals surface area (Å²) in [5, 5.41) is 0. The lowest BCUT2D eigenvalue weighted by atomic mass is 10.2. The van der Waals surface area contributed by atoms with Gasteiger partial charge >= 0.3 is 12.3 Å². The van der Waals surface area contributed by atoms with Crippen LogP contribution in [0.1, 0.15) is 23.0 Å². The summed E-state index contributed by atoms with van der Waals surface area (Å²) in [6.07, 6.45) is -4.96. The van der Waals surface area contributed by atoms with Crippen molar-refractivity contribution in [2.75, 3.05) is 6.61 Å². The van der Waals surface area contributed by atoms with Crippen LogP contribution in [-0.4, -0.2) is 23.9 Å². The van der Waals surface area contributed by atoms with E-state index in [-0.39, 0.29) is 27.3 Å². The molecule has 0 saturated carbocycles. The zero-order chi connectivity index (χ0) is 14.6. The summed E-state index contributed by atoms with van der Waals surface area (Å²) in [5.74, 6) is -1.89. The van der Waals surface area contributed by atoms with E-state index in [0.29, 0.717) is 0 Å². The molecule has 0 amide bonds. The highest BCUT2D eigenvalue weighted by Gasteiger charge is 2.35. The first kappa shape index (κ1) is 16.3. The first-order valence-electron chi connectivity index (χ1n) is 4.96. The number of halogens is 5. The molecule has 1 rings (SSSR count). The number of pyridine rings is 1. The van der Waals surface area contributed by atoms with Crippen LogP contribution in [-0.2, 0) is 10.6 Å². The lowest BCUT2D eigenvalue weighted by Crippen LogP contribution is -2.21. The molecule has 0 aliphatic heterocycles. The maximum atomic E-state index is 12.3. The first-order valence-corrected chi connectivity index (χ1v) is 6.58. The number of nitrogens with zero attached hydrogens (tertiary/aromatic N) is 1. The van der Waals surface area contributed by atoms with Gasteiger partial charge in [-0.05, 0) is 35.6 Å². The molecule has 1 aromatic heterocycles. The predicted molar refractivity (Wildman–Crippen MR) is 69.2 cm³/mol. The molecule has 0 aliphatic carbocycles. The molecule has 0 bridgehead atoms. The standard InChI is InChI=1S/C10H8ClF3INO3/c1-2-18-9(17)7-6(15)3-5(4-11)16-8(7)19-10(12,13)14/h3H,2,4H2,1H3. The van der Waals surface area contributed by atoms with E-state index in [1.54, 1.807) is 22.6 Å². The third-order valence-corrected chi connectivity index (χ3v) is 2.94. The van der Waals surface area contributed by atoms with Crippen LogP contribution in [0.3, 0.4) is 0 Å². The van der Waals surface area contributed by atoms with Crippen molar-refractivity contribution in [3.05, 3.63) is 20.9 Å². The number of hydrogen-bond acceptors (Lipinski definition) is 4. The van der Waals surface area contributed by atoms with Gasteiger partial charge in [0.25, 0.3) is 0 Å². The molecule has 0 aliphatic rings. The Labute approximate surface area is 125 Å². The van der Waals surface area contributed by atoms with Gasteiger partial charge in [0.1, 0.15) is 5.56 Å². The Morgan fingerprint density at radius 1 is 1.53 bits per heavy atom. The number of alkyl halides is 4. The number of hydrogen-bond donors (Lipinski definition) is 0. The number of carbonyl (C=O) groups is 1. The van der Waals surface area contributed by atoms with Crippen LogP contribution in [0.15, 0.2) is 6.07 Å². The molecule has 0 aromatic carbocycles. The molecule has 4 nitrogen and oxygen atoms in total. The predicted octanol–water partition coefficient (Wildman–Crippen LogP) is 3.50. The van der Waals surface area contributed by atoms with Gasteiger partial charge in [-0.2, -0.15) is 0 Å². The van der Waals surface area contributed by atoms with Crippen LogP contribution < -0.4 is 4.74 Å².